The first kappa shape index (κ1) is 10.3. The maximum atomic E-state index is 11.6. The van der Waals surface area contributed by atoms with E-state index in [0.29, 0.717) is 0 Å². The molecule has 0 spiro atoms. The van der Waals surface area contributed by atoms with Crippen molar-refractivity contribution >= 4 is 16.9 Å². The van der Waals surface area contributed by atoms with Crippen molar-refractivity contribution in [2.75, 3.05) is 0 Å². The van der Waals surface area contributed by atoms with E-state index in [1.54, 1.807) is 17.8 Å². The monoisotopic (exact) mass is 230 g/mol. The van der Waals surface area contributed by atoms with Gasteiger partial charge in [-0.2, -0.15) is 5.10 Å². The van der Waals surface area contributed by atoms with Crippen molar-refractivity contribution in [3.8, 4) is 0 Å². The zero-order valence-electron chi connectivity index (χ0n) is 9.63. The normalized spacial score (nSPS) is 19.1. The number of hydrogen-bond acceptors (Lipinski definition) is 2. The van der Waals surface area contributed by atoms with Gasteiger partial charge < -0.3 is 5.11 Å². The van der Waals surface area contributed by atoms with Crippen LogP contribution in [0, 0.1) is 5.92 Å². The predicted octanol–water partition coefficient (Wildman–Crippen LogP) is 2.25. The third kappa shape index (κ3) is 1.37. The van der Waals surface area contributed by atoms with Crippen LogP contribution >= 0.6 is 0 Å². The number of nitrogens with zero attached hydrogens (tertiary/aromatic N) is 2. The highest BCUT2D eigenvalue weighted by Crippen LogP contribution is 2.45. The molecule has 0 radical (unpaired) electrons. The number of carboxylic acid groups (broad SMARTS) is 1. The van der Waals surface area contributed by atoms with Crippen molar-refractivity contribution in [2.45, 2.75) is 25.3 Å². The fourth-order valence-electron chi connectivity index (χ4n) is 2.43. The Labute approximate surface area is 98.9 Å². The van der Waals surface area contributed by atoms with Crippen LogP contribution in [0.15, 0.2) is 30.5 Å². The first-order valence-electron chi connectivity index (χ1n) is 5.80. The van der Waals surface area contributed by atoms with E-state index < -0.39 is 11.5 Å². The first-order chi connectivity index (χ1) is 8.14. The van der Waals surface area contributed by atoms with Crippen LogP contribution in [-0.4, -0.2) is 20.9 Å². The third-order valence-electron chi connectivity index (χ3n) is 3.72. The van der Waals surface area contributed by atoms with Gasteiger partial charge in [-0.15, -0.1) is 0 Å². The number of para-hydroxylation sites is 1. The predicted molar refractivity (Wildman–Crippen MR) is 63.7 cm³/mol. The number of benzene rings is 1. The van der Waals surface area contributed by atoms with E-state index in [4.69, 9.17) is 0 Å². The summed E-state index contributed by atoms with van der Waals surface area (Å²) in [5.74, 6) is -0.600. The highest BCUT2D eigenvalue weighted by molar-refractivity contribution is 5.83. The lowest BCUT2D eigenvalue weighted by atomic mass is 9.96. The molecule has 3 rings (SSSR count). The highest BCUT2D eigenvalue weighted by Gasteiger charge is 2.50. The van der Waals surface area contributed by atoms with Crippen LogP contribution in [0.3, 0.4) is 0 Å². The maximum absolute atomic E-state index is 11.6. The molecule has 88 valence electrons. The molecule has 1 heterocycles. The molecule has 0 amide bonds. The van der Waals surface area contributed by atoms with Gasteiger partial charge in [0.15, 0.2) is 5.54 Å². The average Bonchev–Trinajstić information content (AvgIpc) is 3.08. The van der Waals surface area contributed by atoms with Gasteiger partial charge in [0.2, 0.25) is 0 Å². The molecule has 1 fully saturated rings. The van der Waals surface area contributed by atoms with E-state index in [9.17, 15) is 9.90 Å². The molecule has 1 saturated carbocycles. The van der Waals surface area contributed by atoms with E-state index in [2.05, 4.69) is 5.10 Å². The average molecular weight is 230 g/mol. The van der Waals surface area contributed by atoms with Crippen molar-refractivity contribution in [2.24, 2.45) is 5.92 Å². The Bertz CT molecular complexity index is 586. The summed E-state index contributed by atoms with van der Waals surface area (Å²) >= 11 is 0. The van der Waals surface area contributed by atoms with E-state index in [0.717, 1.165) is 23.7 Å². The maximum Gasteiger partial charge on any atom is 0.331 e. The minimum Gasteiger partial charge on any atom is -0.479 e. The molecule has 0 bridgehead atoms. The highest BCUT2D eigenvalue weighted by atomic mass is 16.4. The molecule has 0 aliphatic heterocycles. The molecule has 0 saturated heterocycles. The van der Waals surface area contributed by atoms with Gasteiger partial charge in [-0.1, -0.05) is 18.2 Å². The molecule has 17 heavy (non-hydrogen) atoms. The fourth-order valence-corrected chi connectivity index (χ4v) is 2.43. The van der Waals surface area contributed by atoms with Crippen LogP contribution in [0.25, 0.3) is 10.9 Å². The second-order valence-corrected chi connectivity index (χ2v) is 4.84. The van der Waals surface area contributed by atoms with Crippen LogP contribution in [0.5, 0.6) is 0 Å². The molecule has 1 aromatic heterocycles. The molecule has 1 atom stereocenters. The third-order valence-corrected chi connectivity index (χ3v) is 3.72. The summed E-state index contributed by atoms with van der Waals surface area (Å²) < 4.78 is 1.67. The number of carboxylic acids is 1. The number of carbonyl (C=O) groups is 1. The van der Waals surface area contributed by atoms with E-state index in [1.165, 1.54) is 0 Å². The number of fused-ring (bicyclic) bond motifs is 1. The molecule has 1 N–H and O–H groups in total. The standard InChI is InChI=1S/C13H14N2O2/c1-13(12(16)17,10-6-7-10)15-11-5-3-2-4-9(11)8-14-15/h2-5,8,10H,6-7H2,1H3,(H,16,17). The number of hydrogen-bond donors (Lipinski definition) is 1. The molecule has 4 heteroatoms. The smallest absolute Gasteiger partial charge is 0.331 e. The van der Waals surface area contributed by atoms with Crippen molar-refractivity contribution in [3.05, 3.63) is 30.5 Å². The molecular formula is C13H14N2O2. The molecule has 1 aliphatic carbocycles. The van der Waals surface area contributed by atoms with Gasteiger partial charge in [-0.25, -0.2) is 9.48 Å². The van der Waals surface area contributed by atoms with Gasteiger partial charge in [0.1, 0.15) is 0 Å². The zero-order chi connectivity index (χ0) is 12.0. The minimum absolute atomic E-state index is 0.198. The lowest BCUT2D eigenvalue weighted by molar-refractivity contribution is -0.148. The van der Waals surface area contributed by atoms with E-state index in [1.807, 2.05) is 24.3 Å². The molecule has 2 aromatic rings. The Balaban J connectivity index is 2.22. The van der Waals surface area contributed by atoms with Crippen LogP contribution < -0.4 is 0 Å². The van der Waals surface area contributed by atoms with Crippen molar-refractivity contribution < 1.29 is 9.90 Å². The number of rotatable bonds is 3. The zero-order valence-corrected chi connectivity index (χ0v) is 9.63. The van der Waals surface area contributed by atoms with Crippen LogP contribution in [0.1, 0.15) is 19.8 Å². The second-order valence-electron chi connectivity index (χ2n) is 4.84. The first-order valence-corrected chi connectivity index (χ1v) is 5.80. The lowest BCUT2D eigenvalue weighted by Crippen LogP contribution is -2.41. The summed E-state index contributed by atoms with van der Waals surface area (Å²) in [7, 11) is 0. The molecule has 1 aromatic carbocycles. The van der Waals surface area contributed by atoms with Crippen molar-refractivity contribution in [1.82, 2.24) is 9.78 Å². The van der Waals surface area contributed by atoms with E-state index >= 15 is 0 Å². The Morgan fingerprint density at radius 1 is 1.47 bits per heavy atom. The van der Waals surface area contributed by atoms with Crippen molar-refractivity contribution in [3.63, 3.8) is 0 Å². The lowest BCUT2D eigenvalue weighted by Gasteiger charge is -2.26. The van der Waals surface area contributed by atoms with Gasteiger partial charge in [0, 0.05) is 5.39 Å². The SMILES string of the molecule is CC(C(=O)O)(C1CC1)n1ncc2ccccc21. The summed E-state index contributed by atoms with van der Waals surface area (Å²) in [6.45, 7) is 1.77. The largest absolute Gasteiger partial charge is 0.479 e. The Kier molecular flexibility index (Phi) is 2.02. The minimum atomic E-state index is -0.914. The van der Waals surface area contributed by atoms with Gasteiger partial charge >= 0.3 is 5.97 Å². The summed E-state index contributed by atoms with van der Waals surface area (Å²) in [4.78, 5) is 11.6. The second kappa shape index (κ2) is 3.32. The van der Waals surface area contributed by atoms with E-state index in [-0.39, 0.29) is 5.92 Å². The van der Waals surface area contributed by atoms with Gasteiger partial charge in [-0.05, 0) is 31.7 Å². The summed E-state index contributed by atoms with van der Waals surface area (Å²) in [5.41, 5.74) is -0.0207. The van der Waals surface area contributed by atoms with Gasteiger partial charge in [0.25, 0.3) is 0 Å². The number of aromatic nitrogens is 2. The van der Waals surface area contributed by atoms with Crippen LogP contribution in [0.4, 0.5) is 0 Å². The quantitative estimate of drug-likeness (QED) is 0.879. The van der Waals surface area contributed by atoms with Crippen molar-refractivity contribution in [1.29, 1.82) is 0 Å². The van der Waals surface area contributed by atoms with Crippen LogP contribution in [-0.2, 0) is 10.3 Å². The summed E-state index contributed by atoms with van der Waals surface area (Å²) in [6.07, 6.45) is 3.67. The molecular weight excluding hydrogens is 216 g/mol. The Morgan fingerprint density at radius 3 is 2.82 bits per heavy atom. The molecule has 1 aliphatic rings. The fraction of sp³-hybridized carbons (Fsp3) is 0.385. The molecule has 1 unspecified atom stereocenters. The van der Waals surface area contributed by atoms with Gasteiger partial charge in [0.05, 0.1) is 11.7 Å². The Morgan fingerprint density at radius 2 is 2.18 bits per heavy atom. The number of aliphatic carboxylic acids is 1. The van der Waals surface area contributed by atoms with Crippen LogP contribution in [0.2, 0.25) is 0 Å². The van der Waals surface area contributed by atoms with Gasteiger partial charge in [-0.3, -0.25) is 0 Å². The molecule has 4 nitrogen and oxygen atoms in total. The summed E-state index contributed by atoms with van der Waals surface area (Å²) in [6, 6.07) is 7.72. The Hall–Kier alpha value is -1.84. The summed E-state index contributed by atoms with van der Waals surface area (Å²) in [5, 5.41) is 14.8. The topological polar surface area (TPSA) is 55.1 Å².